The molecule has 0 spiro atoms. The summed E-state index contributed by atoms with van der Waals surface area (Å²) in [5.74, 6) is -0.652. The number of rotatable bonds is 4. The van der Waals surface area contributed by atoms with Crippen LogP contribution in [0.1, 0.15) is 12.0 Å². The molecule has 2 N–H and O–H groups in total. The number of ether oxygens (including phenoxy) is 2. The van der Waals surface area contributed by atoms with Gasteiger partial charge in [-0.25, -0.2) is 9.59 Å². The summed E-state index contributed by atoms with van der Waals surface area (Å²) in [4.78, 5) is 25.0. The van der Waals surface area contributed by atoms with Gasteiger partial charge in [0.1, 0.15) is 18.2 Å². The fraction of sp³-hybridized carbons (Fsp3) is 0.467. The lowest BCUT2D eigenvalue weighted by atomic mass is 10.0. The maximum Gasteiger partial charge on any atom is 0.410 e. The van der Waals surface area contributed by atoms with E-state index in [1.54, 1.807) is 12.1 Å². The summed E-state index contributed by atoms with van der Waals surface area (Å²) in [6.45, 7) is -0.679. The minimum Gasteiger partial charge on any atom is -0.467 e. The van der Waals surface area contributed by atoms with Crippen molar-refractivity contribution in [3.8, 4) is 0 Å². The molecule has 2 rings (SSSR count). The minimum absolute atomic E-state index is 0.0572. The highest BCUT2D eigenvalue weighted by atomic mass is 16.6. The number of amides is 1. The lowest BCUT2D eigenvalue weighted by Gasteiger charge is -2.22. The van der Waals surface area contributed by atoms with Gasteiger partial charge in [-0.15, -0.1) is 0 Å². The number of hydrogen-bond donors (Lipinski definition) is 2. The van der Waals surface area contributed by atoms with Gasteiger partial charge in [0.25, 0.3) is 0 Å². The van der Waals surface area contributed by atoms with Gasteiger partial charge >= 0.3 is 12.1 Å². The van der Waals surface area contributed by atoms with Crippen LogP contribution >= 0.6 is 0 Å². The third kappa shape index (κ3) is 3.55. The average Bonchev–Trinajstić information content (AvgIpc) is 2.91. The molecule has 0 aliphatic carbocycles. The Kier molecular flexibility index (Phi) is 4.99. The number of hydrogen-bond acceptors (Lipinski definition) is 6. The van der Waals surface area contributed by atoms with Gasteiger partial charge < -0.3 is 19.7 Å². The van der Waals surface area contributed by atoms with Crippen LogP contribution in [0, 0.1) is 0 Å². The van der Waals surface area contributed by atoms with Gasteiger partial charge in [0.2, 0.25) is 0 Å². The summed E-state index contributed by atoms with van der Waals surface area (Å²) in [5.41, 5.74) is -0.716. The van der Waals surface area contributed by atoms with Crippen LogP contribution in [0.3, 0.4) is 0 Å². The number of benzene rings is 1. The molecule has 2 unspecified atom stereocenters. The first-order chi connectivity index (χ1) is 10.5. The molecule has 1 saturated heterocycles. The number of aliphatic hydroxyl groups is 2. The molecule has 1 aliphatic heterocycles. The quantitative estimate of drug-likeness (QED) is 0.776. The zero-order chi connectivity index (χ0) is 16.2. The maximum absolute atomic E-state index is 12.2. The van der Waals surface area contributed by atoms with Crippen molar-refractivity contribution in [1.29, 1.82) is 0 Å². The van der Waals surface area contributed by atoms with E-state index in [9.17, 15) is 19.8 Å². The van der Waals surface area contributed by atoms with Crippen LogP contribution in [-0.2, 0) is 20.9 Å². The zero-order valence-electron chi connectivity index (χ0n) is 12.3. The second kappa shape index (κ2) is 6.76. The smallest absolute Gasteiger partial charge is 0.410 e. The number of β-amino-alcohol motifs (C(OH)–C–C–N with tert-alkyl or cyclic N) is 1. The van der Waals surface area contributed by atoms with Crippen LogP contribution < -0.4 is 0 Å². The Morgan fingerprint density at radius 2 is 2.05 bits per heavy atom. The summed E-state index contributed by atoms with van der Waals surface area (Å²) < 4.78 is 9.80. The second-order valence-corrected chi connectivity index (χ2v) is 5.29. The van der Waals surface area contributed by atoms with Crippen LogP contribution in [0.2, 0.25) is 0 Å². The lowest BCUT2D eigenvalue weighted by Crippen LogP contribution is -2.42. The van der Waals surface area contributed by atoms with E-state index in [0.717, 1.165) is 10.5 Å². The normalized spacial score (nSPS) is 24.1. The summed E-state index contributed by atoms with van der Waals surface area (Å²) in [6, 6.07) is 8.13. The van der Waals surface area contributed by atoms with Crippen molar-refractivity contribution in [3.63, 3.8) is 0 Å². The highest BCUT2D eigenvalue weighted by Gasteiger charge is 2.48. The Morgan fingerprint density at radius 3 is 2.64 bits per heavy atom. The van der Waals surface area contributed by atoms with Gasteiger partial charge in [0, 0.05) is 6.42 Å². The van der Waals surface area contributed by atoms with Gasteiger partial charge in [-0.2, -0.15) is 0 Å². The molecule has 2 atom stereocenters. The molecule has 0 aromatic heterocycles. The number of aliphatic hydroxyl groups excluding tert-OH is 1. The molecular weight excluding hydrogens is 290 g/mol. The van der Waals surface area contributed by atoms with E-state index in [4.69, 9.17) is 4.74 Å². The largest absolute Gasteiger partial charge is 0.467 e. The number of esters is 1. The van der Waals surface area contributed by atoms with E-state index in [1.165, 1.54) is 7.11 Å². The Bertz CT molecular complexity index is 534. The number of nitrogens with zero attached hydrogens (tertiary/aromatic N) is 1. The van der Waals surface area contributed by atoms with E-state index >= 15 is 0 Å². The van der Waals surface area contributed by atoms with Crippen LogP contribution in [-0.4, -0.2) is 59.1 Å². The summed E-state index contributed by atoms with van der Waals surface area (Å²) in [7, 11) is 1.20. The monoisotopic (exact) mass is 309 g/mol. The van der Waals surface area contributed by atoms with E-state index in [-0.39, 0.29) is 19.6 Å². The molecule has 120 valence electrons. The van der Waals surface area contributed by atoms with Crippen LogP contribution in [0.5, 0.6) is 0 Å². The Hall–Kier alpha value is -2.12. The average molecular weight is 309 g/mol. The van der Waals surface area contributed by atoms with Crippen molar-refractivity contribution in [3.05, 3.63) is 35.9 Å². The van der Waals surface area contributed by atoms with E-state index in [0.29, 0.717) is 0 Å². The van der Waals surface area contributed by atoms with Crippen molar-refractivity contribution >= 4 is 12.1 Å². The molecule has 1 aromatic carbocycles. The van der Waals surface area contributed by atoms with E-state index in [1.807, 2.05) is 18.2 Å². The first-order valence-electron chi connectivity index (χ1n) is 6.87. The Morgan fingerprint density at radius 1 is 1.36 bits per heavy atom. The predicted molar refractivity (Wildman–Crippen MR) is 75.8 cm³/mol. The number of carbonyl (C=O) groups is 2. The molecule has 1 fully saturated rings. The topological polar surface area (TPSA) is 96.3 Å². The first kappa shape index (κ1) is 16.3. The molecule has 0 saturated carbocycles. The van der Waals surface area contributed by atoms with Crippen molar-refractivity contribution in [2.24, 2.45) is 0 Å². The number of likely N-dealkylation sites (tertiary alicyclic amines) is 1. The highest BCUT2D eigenvalue weighted by molar-refractivity contribution is 5.82. The third-order valence-electron chi connectivity index (χ3n) is 3.62. The van der Waals surface area contributed by atoms with Crippen molar-refractivity contribution < 1.29 is 29.3 Å². The van der Waals surface area contributed by atoms with Crippen LogP contribution in [0.15, 0.2) is 30.3 Å². The predicted octanol–water partition coefficient (Wildman–Crippen LogP) is 0.294. The maximum atomic E-state index is 12.2. The van der Waals surface area contributed by atoms with E-state index in [2.05, 4.69) is 4.74 Å². The van der Waals surface area contributed by atoms with Gasteiger partial charge in [-0.05, 0) is 5.56 Å². The first-order valence-corrected chi connectivity index (χ1v) is 6.87. The standard InChI is InChI=1S/C15H19NO6/c1-21-13(18)12-7-15(20,10-17)9-16(12)14(19)22-8-11-5-3-2-4-6-11/h2-6,12,17,20H,7-10H2,1H3. The van der Waals surface area contributed by atoms with Gasteiger partial charge in [0.05, 0.1) is 20.3 Å². The Balaban J connectivity index is 2.04. The fourth-order valence-corrected chi connectivity index (χ4v) is 2.42. The summed E-state index contributed by atoms with van der Waals surface area (Å²) in [6.07, 6.45) is -0.819. The summed E-state index contributed by atoms with van der Waals surface area (Å²) in [5, 5.41) is 19.3. The SMILES string of the molecule is COC(=O)C1CC(O)(CO)CN1C(=O)OCc1ccccc1. The Labute approximate surface area is 128 Å². The van der Waals surface area contributed by atoms with Crippen molar-refractivity contribution in [2.45, 2.75) is 24.7 Å². The van der Waals surface area contributed by atoms with Crippen LogP contribution in [0.25, 0.3) is 0 Å². The molecule has 1 heterocycles. The highest BCUT2D eigenvalue weighted by Crippen LogP contribution is 2.28. The van der Waals surface area contributed by atoms with Gasteiger partial charge in [-0.3, -0.25) is 4.90 Å². The molecule has 0 radical (unpaired) electrons. The molecular formula is C15H19NO6. The van der Waals surface area contributed by atoms with Crippen molar-refractivity contribution in [2.75, 3.05) is 20.3 Å². The second-order valence-electron chi connectivity index (χ2n) is 5.29. The molecule has 1 aliphatic rings. The zero-order valence-corrected chi connectivity index (χ0v) is 12.3. The third-order valence-corrected chi connectivity index (χ3v) is 3.62. The molecule has 22 heavy (non-hydrogen) atoms. The number of carbonyl (C=O) groups excluding carboxylic acids is 2. The lowest BCUT2D eigenvalue weighted by molar-refractivity contribution is -0.145. The molecule has 1 aromatic rings. The fourth-order valence-electron chi connectivity index (χ4n) is 2.42. The van der Waals surface area contributed by atoms with Gasteiger partial charge in [-0.1, -0.05) is 30.3 Å². The molecule has 7 nitrogen and oxygen atoms in total. The molecule has 1 amide bonds. The number of methoxy groups -OCH3 is 1. The molecule has 0 bridgehead atoms. The summed E-state index contributed by atoms with van der Waals surface area (Å²) >= 11 is 0. The van der Waals surface area contributed by atoms with Crippen LogP contribution in [0.4, 0.5) is 4.79 Å². The van der Waals surface area contributed by atoms with Gasteiger partial charge in [0.15, 0.2) is 0 Å². The minimum atomic E-state index is -1.52. The van der Waals surface area contributed by atoms with E-state index < -0.39 is 30.3 Å². The van der Waals surface area contributed by atoms with Crippen molar-refractivity contribution in [1.82, 2.24) is 4.90 Å². The molecule has 7 heteroatoms.